The summed E-state index contributed by atoms with van der Waals surface area (Å²) >= 11 is 0. The molecule has 2 rings (SSSR count). The van der Waals surface area contributed by atoms with Crippen LogP contribution < -0.4 is 0 Å². The van der Waals surface area contributed by atoms with Crippen LogP contribution in [0.25, 0.3) is 11.1 Å². The Morgan fingerprint density at radius 1 is 0.824 bits per heavy atom. The van der Waals surface area contributed by atoms with Crippen molar-refractivity contribution in [2.24, 2.45) is 0 Å². The number of benzene rings is 2. The molecule has 0 aliphatic carbocycles. The average molecular weight is 238 g/mol. The molecule has 0 atom stereocenters. The standard InChI is InChI=1S/C13H9F3O/c14-13(15,16)11-5-1-3-9(7-11)10-4-2-6-12(17)8-10/h1-8,17H. The van der Waals surface area contributed by atoms with E-state index in [9.17, 15) is 18.3 Å². The summed E-state index contributed by atoms with van der Waals surface area (Å²) in [6.45, 7) is 0. The van der Waals surface area contributed by atoms with Crippen molar-refractivity contribution in [3.8, 4) is 16.9 Å². The third kappa shape index (κ3) is 2.58. The first kappa shape index (κ1) is 11.5. The van der Waals surface area contributed by atoms with Gasteiger partial charge in [0.15, 0.2) is 0 Å². The van der Waals surface area contributed by atoms with Crippen LogP contribution in [-0.4, -0.2) is 5.11 Å². The summed E-state index contributed by atoms with van der Waals surface area (Å²) in [5.74, 6) is 0.0277. The topological polar surface area (TPSA) is 20.2 Å². The molecule has 2 aromatic rings. The van der Waals surface area contributed by atoms with E-state index in [2.05, 4.69) is 0 Å². The molecule has 17 heavy (non-hydrogen) atoms. The molecule has 88 valence electrons. The molecule has 1 N–H and O–H groups in total. The van der Waals surface area contributed by atoms with Crippen molar-refractivity contribution in [2.75, 3.05) is 0 Å². The maximum atomic E-state index is 12.5. The number of phenolic OH excluding ortho intramolecular Hbond substituents is 1. The quantitative estimate of drug-likeness (QED) is 0.793. The molecule has 0 radical (unpaired) electrons. The summed E-state index contributed by atoms with van der Waals surface area (Å²) < 4.78 is 37.5. The third-order valence-corrected chi connectivity index (χ3v) is 2.37. The summed E-state index contributed by atoms with van der Waals surface area (Å²) in [4.78, 5) is 0. The van der Waals surface area contributed by atoms with Gasteiger partial charge in [-0.05, 0) is 35.4 Å². The van der Waals surface area contributed by atoms with Gasteiger partial charge in [-0.15, -0.1) is 0 Å². The number of hydrogen-bond acceptors (Lipinski definition) is 1. The van der Waals surface area contributed by atoms with Crippen LogP contribution in [0.1, 0.15) is 5.56 Å². The van der Waals surface area contributed by atoms with Crippen LogP contribution in [0.5, 0.6) is 5.75 Å². The van der Waals surface area contributed by atoms with Gasteiger partial charge in [-0.25, -0.2) is 0 Å². The van der Waals surface area contributed by atoms with Crippen LogP contribution in [0.2, 0.25) is 0 Å². The number of phenols is 1. The highest BCUT2D eigenvalue weighted by Gasteiger charge is 2.30. The molecule has 0 saturated heterocycles. The van der Waals surface area contributed by atoms with E-state index in [1.165, 1.54) is 18.2 Å². The van der Waals surface area contributed by atoms with Crippen LogP contribution in [0, 0.1) is 0 Å². The van der Waals surface area contributed by atoms with Gasteiger partial charge >= 0.3 is 6.18 Å². The Hall–Kier alpha value is -1.97. The first-order valence-corrected chi connectivity index (χ1v) is 4.93. The maximum Gasteiger partial charge on any atom is 0.416 e. The van der Waals surface area contributed by atoms with Gasteiger partial charge in [0.1, 0.15) is 5.75 Å². The van der Waals surface area contributed by atoms with E-state index in [1.807, 2.05) is 0 Å². The minimum absolute atomic E-state index is 0.0277. The number of alkyl halides is 3. The van der Waals surface area contributed by atoms with Crippen LogP contribution in [0.15, 0.2) is 48.5 Å². The Labute approximate surface area is 96.1 Å². The minimum Gasteiger partial charge on any atom is -0.508 e. The lowest BCUT2D eigenvalue weighted by atomic mass is 10.0. The summed E-state index contributed by atoms with van der Waals surface area (Å²) in [5, 5.41) is 9.28. The van der Waals surface area contributed by atoms with Gasteiger partial charge in [0, 0.05) is 0 Å². The molecule has 0 unspecified atom stereocenters. The predicted molar refractivity (Wildman–Crippen MR) is 58.5 cm³/mol. The van der Waals surface area contributed by atoms with E-state index in [1.54, 1.807) is 18.2 Å². The molecule has 0 amide bonds. The van der Waals surface area contributed by atoms with Crippen molar-refractivity contribution in [1.29, 1.82) is 0 Å². The second-order valence-electron chi connectivity index (χ2n) is 3.63. The zero-order valence-corrected chi connectivity index (χ0v) is 8.70. The van der Waals surface area contributed by atoms with Crippen molar-refractivity contribution in [3.05, 3.63) is 54.1 Å². The van der Waals surface area contributed by atoms with Crippen LogP contribution in [-0.2, 0) is 6.18 Å². The fourth-order valence-electron chi connectivity index (χ4n) is 1.56. The van der Waals surface area contributed by atoms with Gasteiger partial charge < -0.3 is 5.11 Å². The van der Waals surface area contributed by atoms with E-state index in [4.69, 9.17) is 0 Å². The summed E-state index contributed by atoms with van der Waals surface area (Å²) in [6.07, 6.45) is -4.35. The van der Waals surface area contributed by atoms with Gasteiger partial charge in [-0.3, -0.25) is 0 Å². The van der Waals surface area contributed by atoms with E-state index in [-0.39, 0.29) is 5.75 Å². The second kappa shape index (κ2) is 4.13. The fourth-order valence-corrected chi connectivity index (χ4v) is 1.56. The van der Waals surface area contributed by atoms with E-state index < -0.39 is 11.7 Å². The molecule has 0 aliphatic rings. The Morgan fingerprint density at radius 3 is 2.00 bits per heavy atom. The SMILES string of the molecule is Oc1cccc(-c2cccc(C(F)(F)F)c2)c1. The summed E-state index contributed by atoms with van der Waals surface area (Å²) in [6, 6.07) is 11.1. The molecular weight excluding hydrogens is 229 g/mol. The van der Waals surface area contributed by atoms with Gasteiger partial charge in [0.05, 0.1) is 5.56 Å². The van der Waals surface area contributed by atoms with E-state index in [0.717, 1.165) is 12.1 Å². The maximum absolute atomic E-state index is 12.5. The number of halogens is 3. The van der Waals surface area contributed by atoms with Crippen LogP contribution in [0.3, 0.4) is 0 Å². The van der Waals surface area contributed by atoms with Crippen molar-refractivity contribution in [2.45, 2.75) is 6.18 Å². The highest BCUT2D eigenvalue weighted by molar-refractivity contribution is 5.65. The largest absolute Gasteiger partial charge is 0.508 e. The Kier molecular flexibility index (Phi) is 2.79. The third-order valence-electron chi connectivity index (χ3n) is 2.37. The van der Waals surface area contributed by atoms with Gasteiger partial charge in [0.2, 0.25) is 0 Å². The number of hydrogen-bond donors (Lipinski definition) is 1. The Bertz CT molecular complexity index is 532. The molecule has 0 bridgehead atoms. The first-order chi connectivity index (χ1) is 7.97. The van der Waals surface area contributed by atoms with Crippen molar-refractivity contribution >= 4 is 0 Å². The molecule has 0 aliphatic heterocycles. The van der Waals surface area contributed by atoms with Crippen molar-refractivity contribution in [3.63, 3.8) is 0 Å². The second-order valence-corrected chi connectivity index (χ2v) is 3.63. The molecule has 0 aromatic heterocycles. The Balaban J connectivity index is 2.47. The molecule has 0 heterocycles. The smallest absolute Gasteiger partial charge is 0.416 e. The highest BCUT2D eigenvalue weighted by Crippen LogP contribution is 2.32. The fraction of sp³-hybridized carbons (Fsp3) is 0.0769. The van der Waals surface area contributed by atoms with Crippen molar-refractivity contribution in [1.82, 2.24) is 0 Å². The summed E-state index contributed by atoms with van der Waals surface area (Å²) in [7, 11) is 0. The number of aromatic hydroxyl groups is 1. The summed E-state index contributed by atoms with van der Waals surface area (Å²) in [5.41, 5.74) is 0.283. The monoisotopic (exact) mass is 238 g/mol. The van der Waals surface area contributed by atoms with Gasteiger partial charge in [-0.2, -0.15) is 13.2 Å². The molecule has 0 saturated carbocycles. The first-order valence-electron chi connectivity index (χ1n) is 4.93. The van der Waals surface area contributed by atoms with Crippen LogP contribution >= 0.6 is 0 Å². The van der Waals surface area contributed by atoms with Crippen molar-refractivity contribution < 1.29 is 18.3 Å². The zero-order valence-electron chi connectivity index (χ0n) is 8.70. The van der Waals surface area contributed by atoms with E-state index in [0.29, 0.717) is 11.1 Å². The lowest BCUT2D eigenvalue weighted by molar-refractivity contribution is -0.137. The van der Waals surface area contributed by atoms with Gasteiger partial charge in [0.25, 0.3) is 0 Å². The Morgan fingerprint density at radius 2 is 1.41 bits per heavy atom. The average Bonchev–Trinajstić information content (AvgIpc) is 2.28. The molecule has 2 aromatic carbocycles. The minimum atomic E-state index is -4.35. The predicted octanol–water partition coefficient (Wildman–Crippen LogP) is 4.08. The molecule has 0 fully saturated rings. The highest BCUT2D eigenvalue weighted by atomic mass is 19.4. The normalized spacial score (nSPS) is 11.5. The number of rotatable bonds is 1. The lowest BCUT2D eigenvalue weighted by Crippen LogP contribution is -2.04. The van der Waals surface area contributed by atoms with E-state index >= 15 is 0 Å². The molecule has 1 nitrogen and oxygen atoms in total. The van der Waals surface area contributed by atoms with Gasteiger partial charge in [-0.1, -0.05) is 24.3 Å². The molecule has 4 heteroatoms. The zero-order chi connectivity index (χ0) is 12.5. The lowest BCUT2D eigenvalue weighted by Gasteiger charge is -2.08. The van der Waals surface area contributed by atoms with Crippen LogP contribution in [0.4, 0.5) is 13.2 Å². The molecule has 0 spiro atoms. The molecular formula is C13H9F3O.